The van der Waals surface area contributed by atoms with E-state index in [2.05, 4.69) is 10.6 Å². The molecule has 3 atom stereocenters. The Hall–Kier alpha value is -5.72. The summed E-state index contributed by atoms with van der Waals surface area (Å²) in [5.74, 6) is -5.79. The minimum Gasteiger partial charge on any atom is -0.508 e. The van der Waals surface area contributed by atoms with E-state index < -0.39 is 66.3 Å². The van der Waals surface area contributed by atoms with E-state index >= 15 is 0 Å². The van der Waals surface area contributed by atoms with Crippen molar-refractivity contribution in [2.24, 2.45) is 0 Å². The lowest BCUT2D eigenvalue weighted by Crippen LogP contribution is -2.52. The van der Waals surface area contributed by atoms with Gasteiger partial charge in [0.25, 0.3) is 5.91 Å². The first-order chi connectivity index (χ1) is 20.9. The molecule has 0 aliphatic carbocycles. The number of phenolic OH excluding ortho intramolecular Hbond substituents is 1. The van der Waals surface area contributed by atoms with Gasteiger partial charge in [0, 0.05) is 6.54 Å². The van der Waals surface area contributed by atoms with Crippen LogP contribution in [0.4, 0.5) is 4.79 Å². The molecule has 0 spiro atoms. The molecule has 0 bridgehead atoms. The Labute approximate surface area is 251 Å². The molecule has 44 heavy (non-hydrogen) atoms. The molecule has 5 amide bonds. The molecule has 13 nitrogen and oxygen atoms in total. The third kappa shape index (κ3) is 6.67. The number of aromatic hydroxyl groups is 1. The van der Waals surface area contributed by atoms with Gasteiger partial charge in [-0.1, -0.05) is 72.8 Å². The second kappa shape index (κ2) is 13.1. The Kier molecular flexibility index (Phi) is 9.27. The second-order valence-electron chi connectivity index (χ2n) is 10.3. The van der Waals surface area contributed by atoms with E-state index in [1.165, 1.54) is 48.2 Å². The number of aliphatic carboxylic acids is 2. The first-order valence-corrected chi connectivity index (χ1v) is 13.5. The van der Waals surface area contributed by atoms with E-state index in [0.29, 0.717) is 16.0 Å². The van der Waals surface area contributed by atoms with Crippen LogP contribution < -0.4 is 10.6 Å². The van der Waals surface area contributed by atoms with E-state index in [9.17, 15) is 44.1 Å². The van der Waals surface area contributed by atoms with Gasteiger partial charge in [0.2, 0.25) is 11.8 Å². The number of amides is 5. The number of phenols is 1. The maximum Gasteiger partial charge on any atom is 0.330 e. The van der Waals surface area contributed by atoms with Gasteiger partial charge in [-0.3, -0.25) is 24.1 Å². The number of hydrogen-bond donors (Lipinski definition) is 5. The number of nitrogens with zero attached hydrogens (tertiary/aromatic N) is 2. The number of urea groups is 1. The smallest absolute Gasteiger partial charge is 0.330 e. The van der Waals surface area contributed by atoms with Crippen molar-refractivity contribution in [1.29, 1.82) is 0 Å². The number of rotatable bonds is 12. The zero-order valence-corrected chi connectivity index (χ0v) is 23.5. The molecule has 5 N–H and O–H groups in total. The Bertz CT molecular complexity index is 1560. The summed E-state index contributed by atoms with van der Waals surface area (Å²) in [7, 11) is 0. The molecule has 0 aromatic heterocycles. The molecule has 3 unspecified atom stereocenters. The van der Waals surface area contributed by atoms with Gasteiger partial charge in [-0.05, 0) is 35.7 Å². The number of carboxylic acid groups (broad SMARTS) is 2. The number of hydrogen-bond acceptors (Lipinski definition) is 7. The highest BCUT2D eigenvalue weighted by Crippen LogP contribution is 2.39. The maximum absolute atomic E-state index is 13.8. The Morgan fingerprint density at radius 3 is 2.00 bits per heavy atom. The lowest BCUT2D eigenvalue weighted by Gasteiger charge is -2.32. The number of carbonyl (C=O) groups is 6. The third-order valence-corrected chi connectivity index (χ3v) is 7.27. The van der Waals surface area contributed by atoms with Crippen molar-refractivity contribution in [3.05, 3.63) is 102 Å². The Balaban J connectivity index is 1.56. The second-order valence-corrected chi connectivity index (χ2v) is 10.3. The summed E-state index contributed by atoms with van der Waals surface area (Å²) in [5, 5.41) is 33.3. The van der Waals surface area contributed by atoms with Gasteiger partial charge in [-0.25, -0.2) is 9.59 Å². The summed E-state index contributed by atoms with van der Waals surface area (Å²) < 4.78 is 0. The lowest BCUT2D eigenvalue weighted by molar-refractivity contribution is -0.144. The molecule has 0 saturated carbocycles. The van der Waals surface area contributed by atoms with Crippen LogP contribution in [0.5, 0.6) is 5.75 Å². The summed E-state index contributed by atoms with van der Waals surface area (Å²) in [4.78, 5) is 79.0. The van der Waals surface area contributed by atoms with Crippen molar-refractivity contribution in [3.63, 3.8) is 0 Å². The Morgan fingerprint density at radius 1 is 0.841 bits per heavy atom. The van der Waals surface area contributed by atoms with E-state index in [1.54, 1.807) is 48.5 Å². The monoisotopic (exact) mass is 602 g/mol. The fourth-order valence-electron chi connectivity index (χ4n) is 4.94. The van der Waals surface area contributed by atoms with Gasteiger partial charge in [-0.2, -0.15) is 0 Å². The highest BCUT2D eigenvalue weighted by molar-refractivity contribution is 6.09. The molecule has 1 saturated heterocycles. The van der Waals surface area contributed by atoms with Crippen LogP contribution in [0.15, 0.2) is 84.9 Å². The van der Waals surface area contributed by atoms with E-state index in [-0.39, 0.29) is 17.9 Å². The van der Waals surface area contributed by atoms with E-state index in [4.69, 9.17) is 0 Å². The largest absolute Gasteiger partial charge is 0.508 e. The van der Waals surface area contributed by atoms with Crippen molar-refractivity contribution in [2.45, 2.75) is 37.5 Å². The minimum atomic E-state index is -1.72. The fourth-order valence-corrected chi connectivity index (χ4v) is 4.94. The molecule has 3 aromatic rings. The van der Waals surface area contributed by atoms with Gasteiger partial charge in [0.15, 0.2) is 6.04 Å². The van der Waals surface area contributed by atoms with Crippen molar-refractivity contribution < 1.29 is 44.1 Å². The highest BCUT2D eigenvalue weighted by atomic mass is 16.4. The first-order valence-electron chi connectivity index (χ1n) is 13.5. The van der Waals surface area contributed by atoms with Gasteiger partial charge in [0.05, 0.1) is 6.42 Å². The third-order valence-electron chi connectivity index (χ3n) is 7.27. The summed E-state index contributed by atoms with van der Waals surface area (Å²) in [6.07, 6.45) is -0.897. The van der Waals surface area contributed by atoms with Crippen LogP contribution in [0.3, 0.4) is 0 Å². The molecule has 228 valence electrons. The first kappa shape index (κ1) is 31.2. The molecule has 1 heterocycles. The number of carbonyl (C=O) groups excluding carboxylic acids is 4. The minimum absolute atomic E-state index is 0.00101. The summed E-state index contributed by atoms with van der Waals surface area (Å²) >= 11 is 0. The summed E-state index contributed by atoms with van der Waals surface area (Å²) in [6, 6.07) is 18.2. The molecule has 3 aromatic carbocycles. The molecule has 1 aliphatic rings. The average Bonchev–Trinajstić information content (AvgIpc) is 3.17. The molecule has 4 rings (SSSR count). The van der Waals surface area contributed by atoms with Crippen LogP contribution in [0.1, 0.15) is 36.1 Å². The number of nitrogens with one attached hydrogen (secondary N) is 2. The van der Waals surface area contributed by atoms with Crippen LogP contribution in [0.25, 0.3) is 0 Å². The van der Waals surface area contributed by atoms with Crippen molar-refractivity contribution in [1.82, 2.24) is 20.4 Å². The summed E-state index contributed by atoms with van der Waals surface area (Å²) in [6.45, 7) is 0.666. The number of carboxylic acids is 2. The molecular formula is C31H30N4O9. The van der Waals surface area contributed by atoms with Crippen LogP contribution >= 0.6 is 0 Å². The van der Waals surface area contributed by atoms with Crippen LogP contribution in [0.2, 0.25) is 0 Å². The predicted molar refractivity (Wildman–Crippen MR) is 154 cm³/mol. The Morgan fingerprint density at radius 2 is 1.43 bits per heavy atom. The molecule has 0 radical (unpaired) electrons. The average molecular weight is 603 g/mol. The van der Waals surface area contributed by atoms with Gasteiger partial charge < -0.3 is 30.9 Å². The van der Waals surface area contributed by atoms with E-state index in [1.807, 2.05) is 0 Å². The zero-order valence-electron chi connectivity index (χ0n) is 23.5. The predicted octanol–water partition coefficient (Wildman–Crippen LogP) is 1.97. The summed E-state index contributed by atoms with van der Waals surface area (Å²) in [5.41, 5.74) is -0.289. The molecule has 13 heteroatoms. The lowest BCUT2D eigenvalue weighted by atomic mass is 9.90. The van der Waals surface area contributed by atoms with Crippen LogP contribution in [-0.4, -0.2) is 73.4 Å². The zero-order chi connectivity index (χ0) is 32.0. The van der Waals surface area contributed by atoms with Gasteiger partial charge in [0.1, 0.15) is 23.9 Å². The number of imide groups is 1. The quantitative estimate of drug-likeness (QED) is 0.193. The standard InChI is InChI=1S/C31H30N4O9/c1-31(21-12-14-22(36)15-13-21)29(43)34(30(44)35(31)17-19-8-4-2-5-9-19)18-24(37)32-23(16-25(38)39)27(40)33-26(28(41)42)20-10-6-3-7-11-20/h2-15,23,26,36H,16-18H2,1H3,(H,32,37)(H,33,40)(H,38,39)(H,41,42). The van der Waals surface area contributed by atoms with Crippen LogP contribution in [0, 0.1) is 0 Å². The molecule has 1 aliphatic heterocycles. The SMILES string of the molecule is CC1(c2ccc(O)cc2)C(=O)N(CC(=O)NC(CC(=O)O)C(=O)NC(C(=O)O)c2ccccc2)C(=O)N1Cc1ccccc1. The molecule has 1 fully saturated rings. The van der Waals surface area contributed by atoms with Crippen molar-refractivity contribution in [3.8, 4) is 5.75 Å². The topological polar surface area (TPSA) is 194 Å². The maximum atomic E-state index is 13.8. The van der Waals surface area contributed by atoms with Crippen molar-refractivity contribution >= 4 is 35.7 Å². The molecular weight excluding hydrogens is 572 g/mol. The van der Waals surface area contributed by atoms with E-state index in [0.717, 1.165) is 0 Å². The van der Waals surface area contributed by atoms with Crippen molar-refractivity contribution in [2.75, 3.05) is 6.54 Å². The normalized spacial score (nSPS) is 17.6. The fraction of sp³-hybridized carbons (Fsp3) is 0.226. The number of benzene rings is 3. The van der Waals surface area contributed by atoms with Gasteiger partial charge >= 0.3 is 18.0 Å². The van der Waals surface area contributed by atoms with Crippen LogP contribution in [-0.2, 0) is 36.1 Å². The highest BCUT2D eigenvalue weighted by Gasteiger charge is 2.55. The van der Waals surface area contributed by atoms with Gasteiger partial charge in [-0.15, -0.1) is 0 Å².